The van der Waals surface area contributed by atoms with E-state index in [1.54, 1.807) is 6.92 Å². The largest absolute Gasteiger partial charge is 0.394 e. The molecule has 0 aliphatic heterocycles. The smallest absolute Gasteiger partial charge is 0.102 e. The second-order valence-corrected chi connectivity index (χ2v) is 1.92. The Balaban J connectivity index is 3.06. The standard InChI is InChI=1S/C5H13NO3/c1-4(8)6-2-5(9)3-7/h4-9H,2-3H2,1H3. The third kappa shape index (κ3) is 5.72. The zero-order chi connectivity index (χ0) is 7.28. The van der Waals surface area contributed by atoms with Crippen molar-refractivity contribution in [3.63, 3.8) is 0 Å². The Morgan fingerprint density at radius 2 is 2.00 bits per heavy atom. The van der Waals surface area contributed by atoms with Gasteiger partial charge in [0, 0.05) is 6.54 Å². The normalized spacial score (nSPS) is 17.3. The molecule has 4 nitrogen and oxygen atoms in total. The monoisotopic (exact) mass is 135 g/mol. The predicted molar refractivity (Wildman–Crippen MR) is 32.8 cm³/mol. The van der Waals surface area contributed by atoms with Crippen molar-refractivity contribution in [2.45, 2.75) is 19.3 Å². The Labute approximate surface area is 54.1 Å². The maximum absolute atomic E-state index is 8.68. The lowest BCUT2D eigenvalue weighted by molar-refractivity contribution is 0.0722. The van der Waals surface area contributed by atoms with Gasteiger partial charge in [-0.2, -0.15) is 0 Å². The molecule has 0 rings (SSSR count). The summed E-state index contributed by atoms with van der Waals surface area (Å²) in [6, 6.07) is 0. The van der Waals surface area contributed by atoms with Crippen LogP contribution in [0.2, 0.25) is 0 Å². The van der Waals surface area contributed by atoms with Gasteiger partial charge in [0.1, 0.15) is 6.23 Å². The molecule has 0 radical (unpaired) electrons. The molecule has 2 unspecified atom stereocenters. The van der Waals surface area contributed by atoms with Crippen LogP contribution in [0.15, 0.2) is 0 Å². The van der Waals surface area contributed by atoms with Gasteiger partial charge < -0.3 is 15.3 Å². The van der Waals surface area contributed by atoms with E-state index in [0.717, 1.165) is 0 Å². The molecule has 56 valence electrons. The van der Waals surface area contributed by atoms with E-state index < -0.39 is 12.3 Å². The van der Waals surface area contributed by atoms with Crippen molar-refractivity contribution in [1.29, 1.82) is 0 Å². The maximum Gasteiger partial charge on any atom is 0.102 e. The maximum atomic E-state index is 8.68. The molecule has 4 N–H and O–H groups in total. The Bertz CT molecular complexity index is 67.2. The number of nitrogens with one attached hydrogen (secondary N) is 1. The summed E-state index contributed by atoms with van der Waals surface area (Å²) >= 11 is 0. The van der Waals surface area contributed by atoms with E-state index in [-0.39, 0.29) is 13.2 Å². The van der Waals surface area contributed by atoms with Crippen LogP contribution in [-0.4, -0.2) is 40.8 Å². The molecule has 0 amide bonds. The lowest BCUT2D eigenvalue weighted by atomic mass is 10.4. The van der Waals surface area contributed by atoms with Gasteiger partial charge >= 0.3 is 0 Å². The van der Waals surface area contributed by atoms with Gasteiger partial charge in [0.25, 0.3) is 0 Å². The predicted octanol–water partition coefficient (Wildman–Crippen LogP) is -1.73. The van der Waals surface area contributed by atoms with Gasteiger partial charge in [-0.3, -0.25) is 5.32 Å². The molecule has 4 heteroatoms. The van der Waals surface area contributed by atoms with Crippen molar-refractivity contribution in [2.75, 3.05) is 13.2 Å². The zero-order valence-electron chi connectivity index (χ0n) is 5.41. The topological polar surface area (TPSA) is 72.7 Å². The van der Waals surface area contributed by atoms with Crippen LogP contribution in [0.1, 0.15) is 6.92 Å². The summed E-state index contributed by atoms with van der Waals surface area (Å²) in [7, 11) is 0. The van der Waals surface area contributed by atoms with Crippen LogP contribution in [-0.2, 0) is 0 Å². The third-order valence-corrected chi connectivity index (χ3v) is 0.860. The quantitative estimate of drug-likeness (QED) is 0.346. The second-order valence-electron chi connectivity index (χ2n) is 1.92. The van der Waals surface area contributed by atoms with E-state index in [2.05, 4.69) is 5.32 Å². The fourth-order valence-electron chi connectivity index (χ4n) is 0.371. The van der Waals surface area contributed by atoms with Crippen molar-refractivity contribution in [1.82, 2.24) is 5.32 Å². The molecule has 0 aliphatic carbocycles. The molecule has 0 bridgehead atoms. The van der Waals surface area contributed by atoms with Gasteiger partial charge in [0.05, 0.1) is 12.7 Å². The molecule has 0 aliphatic rings. The van der Waals surface area contributed by atoms with E-state index in [9.17, 15) is 0 Å². The lowest BCUT2D eigenvalue weighted by Gasteiger charge is -2.09. The highest BCUT2D eigenvalue weighted by Gasteiger charge is 2.01. The average molecular weight is 135 g/mol. The minimum absolute atomic E-state index is 0.216. The van der Waals surface area contributed by atoms with Gasteiger partial charge in [0.15, 0.2) is 0 Å². The molecule has 0 aromatic rings. The highest BCUT2D eigenvalue weighted by molar-refractivity contribution is 4.56. The summed E-state index contributed by atoms with van der Waals surface area (Å²) in [6.45, 7) is 1.48. The first-order valence-electron chi connectivity index (χ1n) is 2.87. The van der Waals surface area contributed by atoms with Crippen molar-refractivity contribution in [2.24, 2.45) is 0 Å². The number of hydrogen-bond donors (Lipinski definition) is 4. The number of rotatable bonds is 4. The number of aliphatic hydroxyl groups excluding tert-OH is 3. The second kappa shape index (κ2) is 4.69. The Hall–Kier alpha value is -0.160. The molecule has 9 heavy (non-hydrogen) atoms. The first-order chi connectivity index (χ1) is 4.16. The molecule has 0 aromatic carbocycles. The Morgan fingerprint density at radius 1 is 1.44 bits per heavy atom. The number of hydrogen-bond acceptors (Lipinski definition) is 4. The molecule has 0 fully saturated rings. The van der Waals surface area contributed by atoms with Crippen LogP contribution in [0.4, 0.5) is 0 Å². The molecular formula is C5H13NO3. The van der Waals surface area contributed by atoms with Crippen molar-refractivity contribution < 1.29 is 15.3 Å². The fourth-order valence-corrected chi connectivity index (χ4v) is 0.371. The van der Waals surface area contributed by atoms with E-state index in [1.807, 2.05) is 0 Å². The summed E-state index contributed by atoms with van der Waals surface area (Å²) in [4.78, 5) is 0. The van der Waals surface area contributed by atoms with E-state index in [1.165, 1.54) is 0 Å². The molecule has 2 atom stereocenters. The summed E-state index contributed by atoms with van der Waals surface area (Å²) < 4.78 is 0. The van der Waals surface area contributed by atoms with Crippen LogP contribution in [0, 0.1) is 0 Å². The Morgan fingerprint density at radius 3 is 2.33 bits per heavy atom. The van der Waals surface area contributed by atoms with Gasteiger partial charge in [-0.05, 0) is 6.92 Å². The summed E-state index contributed by atoms with van der Waals surface area (Å²) in [5, 5.41) is 28.1. The SMILES string of the molecule is CC(O)NCC(O)CO. The van der Waals surface area contributed by atoms with Gasteiger partial charge in [-0.15, -0.1) is 0 Å². The van der Waals surface area contributed by atoms with Crippen LogP contribution < -0.4 is 5.32 Å². The summed E-state index contributed by atoms with van der Waals surface area (Å²) in [5.41, 5.74) is 0. The summed E-state index contributed by atoms with van der Waals surface area (Å²) in [5.74, 6) is 0. The Kier molecular flexibility index (Phi) is 4.61. The minimum Gasteiger partial charge on any atom is -0.394 e. The zero-order valence-corrected chi connectivity index (χ0v) is 5.41. The minimum atomic E-state index is -0.778. The van der Waals surface area contributed by atoms with Crippen LogP contribution in [0.3, 0.4) is 0 Å². The van der Waals surface area contributed by atoms with Crippen LogP contribution in [0.5, 0.6) is 0 Å². The highest BCUT2D eigenvalue weighted by atomic mass is 16.3. The van der Waals surface area contributed by atoms with Crippen LogP contribution in [0.25, 0.3) is 0 Å². The first-order valence-corrected chi connectivity index (χ1v) is 2.87. The molecule has 0 spiro atoms. The first kappa shape index (κ1) is 8.84. The molecule has 0 saturated heterocycles. The van der Waals surface area contributed by atoms with E-state index >= 15 is 0 Å². The van der Waals surface area contributed by atoms with Crippen LogP contribution >= 0.6 is 0 Å². The fraction of sp³-hybridized carbons (Fsp3) is 1.00. The van der Waals surface area contributed by atoms with Crippen molar-refractivity contribution >= 4 is 0 Å². The van der Waals surface area contributed by atoms with Crippen molar-refractivity contribution in [3.8, 4) is 0 Å². The highest BCUT2D eigenvalue weighted by Crippen LogP contribution is 1.77. The number of aliphatic hydroxyl groups is 3. The van der Waals surface area contributed by atoms with Gasteiger partial charge in [-0.25, -0.2) is 0 Å². The molecule has 0 saturated carbocycles. The van der Waals surface area contributed by atoms with E-state index in [0.29, 0.717) is 0 Å². The van der Waals surface area contributed by atoms with Gasteiger partial charge in [-0.1, -0.05) is 0 Å². The lowest BCUT2D eigenvalue weighted by Crippen LogP contribution is -2.35. The average Bonchev–Trinajstić information content (AvgIpc) is 1.83. The van der Waals surface area contributed by atoms with Gasteiger partial charge in [0.2, 0.25) is 0 Å². The molecular weight excluding hydrogens is 122 g/mol. The third-order valence-electron chi connectivity index (χ3n) is 0.860. The van der Waals surface area contributed by atoms with Crippen molar-refractivity contribution in [3.05, 3.63) is 0 Å². The summed E-state index contributed by atoms with van der Waals surface area (Å²) in [6.07, 6.45) is -1.41. The molecule has 0 aromatic heterocycles. The molecule has 0 heterocycles. The van der Waals surface area contributed by atoms with E-state index in [4.69, 9.17) is 15.3 Å².